The predicted octanol–water partition coefficient (Wildman–Crippen LogP) is 4.10. The van der Waals surface area contributed by atoms with Crippen molar-refractivity contribution in [3.63, 3.8) is 0 Å². The van der Waals surface area contributed by atoms with E-state index < -0.39 is 17.6 Å². The number of amides is 1. The Morgan fingerprint density at radius 3 is 2.47 bits per heavy atom. The van der Waals surface area contributed by atoms with Crippen LogP contribution in [0, 0.1) is 0 Å². The first-order valence-corrected chi connectivity index (χ1v) is 9.93. The number of nitrogens with one attached hydrogen (secondary N) is 2. The maximum absolute atomic E-state index is 13.1. The maximum atomic E-state index is 13.1. The molecule has 0 radical (unpaired) electrons. The predicted molar refractivity (Wildman–Crippen MR) is 113 cm³/mol. The first kappa shape index (κ1) is 23.4. The van der Waals surface area contributed by atoms with Crippen LogP contribution < -0.4 is 20.1 Å². The molecule has 32 heavy (non-hydrogen) atoms. The molecule has 0 saturated carbocycles. The van der Waals surface area contributed by atoms with Crippen LogP contribution in [-0.4, -0.2) is 45.3 Å². The molecule has 1 atom stereocenters. The highest BCUT2D eigenvalue weighted by Gasteiger charge is 2.30. The molecule has 0 unspecified atom stereocenters. The summed E-state index contributed by atoms with van der Waals surface area (Å²) in [5.41, 5.74) is -0.448. The van der Waals surface area contributed by atoms with Crippen molar-refractivity contribution in [1.29, 1.82) is 0 Å². The van der Waals surface area contributed by atoms with E-state index >= 15 is 0 Å². The summed E-state index contributed by atoms with van der Waals surface area (Å²) >= 11 is 0. The van der Waals surface area contributed by atoms with Gasteiger partial charge in [-0.1, -0.05) is 6.07 Å². The van der Waals surface area contributed by atoms with E-state index in [4.69, 9.17) is 14.2 Å². The first-order valence-electron chi connectivity index (χ1n) is 9.93. The lowest BCUT2D eigenvalue weighted by atomic mass is 10.2. The Labute approximate surface area is 183 Å². The molecule has 1 fully saturated rings. The van der Waals surface area contributed by atoms with Gasteiger partial charge in [-0.15, -0.1) is 0 Å². The van der Waals surface area contributed by atoms with E-state index in [0.717, 1.165) is 25.0 Å². The Hall–Kier alpha value is -3.27. The Morgan fingerprint density at radius 1 is 1.16 bits per heavy atom. The van der Waals surface area contributed by atoms with Crippen molar-refractivity contribution in [2.45, 2.75) is 25.1 Å². The van der Waals surface area contributed by atoms with Gasteiger partial charge in [0.2, 0.25) is 5.96 Å². The van der Waals surface area contributed by atoms with Crippen LogP contribution in [-0.2, 0) is 10.9 Å². The molecule has 2 aromatic carbocycles. The summed E-state index contributed by atoms with van der Waals surface area (Å²) in [6.07, 6.45) is -2.87. The van der Waals surface area contributed by atoms with E-state index in [0.29, 0.717) is 18.1 Å². The van der Waals surface area contributed by atoms with Crippen molar-refractivity contribution in [3.05, 3.63) is 53.6 Å². The highest BCUT2D eigenvalue weighted by molar-refractivity contribution is 6.10. The van der Waals surface area contributed by atoms with Crippen LogP contribution in [0.5, 0.6) is 11.5 Å². The second-order valence-corrected chi connectivity index (χ2v) is 7.08. The normalized spacial score (nSPS) is 16.5. The van der Waals surface area contributed by atoms with Gasteiger partial charge in [0, 0.05) is 23.9 Å². The van der Waals surface area contributed by atoms with Gasteiger partial charge >= 0.3 is 6.18 Å². The fraction of sp³-hybridized carbons (Fsp3) is 0.364. The van der Waals surface area contributed by atoms with Gasteiger partial charge < -0.3 is 19.5 Å². The van der Waals surface area contributed by atoms with Gasteiger partial charge in [-0.2, -0.15) is 13.2 Å². The van der Waals surface area contributed by atoms with Gasteiger partial charge in [-0.25, -0.2) is 4.99 Å². The SMILES string of the molecule is COc1cc(OC)cc(C(=O)NC(=NC[C@H]2CCCO2)Nc2cccc(C(F)(F)F)c2)c1. The zero-order valence-electron chi connectivity index (χ0n) is 17.7. The third kappa shape index (κ3) is 6.36. The summed E-state index contributed by atoms with van der Waals surface area (Å²) in [5, 5.41) is 5.39. The number of rotatable bonds is 6. The van der Waals surface area contributed by atoms with E-state index in [-0.39, 0.29) is 29.9 Å². The van der Waals surface area contributed by atoms with Crippen molar-refractivity contribution in [3.8, 4) is 11.5 Å². The number of hydrogen-bond acceptors (Lipinski definition) is 5. The number of alkyl halides is 3. The summed E-state index contributed by atoms with van der Waals surface area (Å²) in [5.74, 6) is 0.302. The summed E-state index contributed by atoms with van der Waals surface area (Å²) in [7, 11) is 2.92. The van der Waals surface area contributed by atoms with E-state index in [1.807, 2.05) is 0 Å². The summed E-state index contributed by atoms with van der Waals surface area (Å²) < 4.78 is 55.1. The van der Waals surface area contributed by atoms with Crippen LogP contribution in [0.2, 0.25) is 0 Å². The molecule has 2 N–H and O–H groups in total. The Balaban J connectivity index is 1.83. The molecule has 0 spiro atoms. The van der Waals surface area contributed by atoms with Crippen molar-refractivity contribution >= 4 is 17.6 Å². The minimum absolute atomic E-state index is 0.00612. The fourth-order valence-electron chi connectivity index (χ4n) is 3.12. The minimum Gasteiger partial charge on any atom is -0.497 e. The summed E-state index contributed by atoms with van der Waals surface area (Å²) in [6.45, 7) is 0.884. The number of carbonyl (C=O) groups excluding carboxylic acids is 1. The lowest BCUT2D eigenvalue weighted by molar-refractivity contribution is -0.137. The van der Waals surface area contributed by atoms with E-state index in [1.165, 1.54) is 38.5 Å². The number of guanidine groups is 1. The third-order valence-corrected chi connectivity index (χ3v) is 4.78. The summed E-state index contributed by atoms with van der Waals surface area (Å²) in [6, 6.07) is 9.29. The third-order valence-electron chi connectivity index (χ3n) is 4.78. The van der Waals surface area contributed by atoms with Gasteiger partial charge in [0.15, 0.2) is 0 Å². The highest BCUT2D eigenvalue weighted by atomic mass is 19.4. The van der Waals surface area contributed by atoms with Crippen LogP contribution in [0.3, 0.4) is 0 Å². The number of methoxy groups -OCH3 is 2. The van der Waals surface area contributed by atoms with Crippen LogP contribution in [0.25, 0.3) is 0 Å². The van der Waals surface area contributed by atoms with Gasteiger partial charge in [-0.05, 0) is 43.2 Å². The summed E-state index contributed by atoms with van der Waals surface area (Å²) in [4.78, 5) is 17.2. The Bertz CT molecular complexity index is 951. The lowest BCUT2D eigenvalue weighted by Crippen LogP contribution is -2.36. The molecule has 10 heteroatoms. The minimum atomic E-state index is -4.49. The number of benzene rings is 2. The number of hydrogen-bond donors (Lipinski definition) is 2. The largest absolute Gasteiger partial charge is 0.497 e. The maximum Gasteiger partial charge on any atom is 0.416 e. The molecule has 1 heterocycles. The molecule has 1 aliphatic heterocycles. The zero-order chi connectivity index (χ0) is 23.1. The molecule has 0 bridgehead atoms. The van der Waals surface area contributed by atoms with E-state index in [1.54, 1.807) is 6.07 Å². The van der Waals surface area contributed by atoms with Crippen molar-refractivity contribution in [2.24, 2.45) is 4.99 Å². The zero-order valence-corrected chi connectivity index (χ0v) is 17.7. The second-order valence-electron chi connectivity index (χ2n) is 7.08. The van der Waals surface area contributed by atoms with Crippen LogP contribution >= 0.6 is 0 Å². The van der Waals surface area contributed by atoms with Crippen molar-refractivity contribution in [1.82, 2.24) is 5.32 Å². The average molecular weight is 451 g/mol. The molecule has 172 valence electrons. The topological polar surface area (TPSA) is 81.2 Å². The highest BCUT2D eigenvalue weighted by Crippen LogP contribution is 2.30. The molecule has 7 nitrogen and oxygen atoms in total. The molecule has 1 saturated heterocycles. The van der Waals surface area contributed by atoms with Gasteiger partial charge in [0.05, 0.1) is 32.4 Å². The number of anilines is 1. The molecular formula is C22H24F3N3O4. The van der Waals surface area contributed by atoms with Crippen molar-refractivity contribution in [2.75, 3.05) is 32.7 Å². The first-order chi connectivity index (χ1) is 15.3. The van der Waals surface area contributed by atoms with Crippen LogP contribution in [0.1, 0.15) is 28.8 Å². The van der Waals surface area contributed by atoms with Crippen LogP contribution in [0.4, 0.5) is 18.9 Å². The van der Waals surface area contributed by atoms with Crippen molar-refractivity contribution < 1.29 is 32.2 Å². The molecule has 3 rings (SSSR count). The Kier molecular flexibility index (Phi) is 7.57. The molecule has 1 amide bonds. The number of halogens is 3. The number of aliphatic imine (C=N–C) groups is 1. The number of nitrogens with zero attached hydrogens (tertiary/aromatic N) is 1. The molecular weight excluding hydrogens is 427 g/mol. The quantitative estimate of drug-likeness (QED) is 0.511. The van der Waals surface area contributed by atoms with E-state index in [9.17, 15) is 18.0 Å². The molecule has 2 aromatic rings. The van der Waals surface area contributed by atoms with Gasteiger partial charge in [-0.3, -0.25) is 10.1 Å². The second kappa shape index (κ2) is 10.4. The van der Waals surface area contributed by atoms with Gasteiger partial charge in [0.25, 0.3) is 5.91 Å². The number of carbonyl (C=O) groups is 1. The van der Waals surface area contributed by atoms with Crippen LogP contribution in [0.15, 0.2) is 47.5 Å². The van der Waals surface area contributed by atoms with E-state index in [2.05, 4.69) is 15.6 Å². The fourth-order valence-corrected chi connectivity index (χ4v) is 3.12. The molecule has 0 aromatic heterocycles. The molecule has 0 aliphatic carbocycles. The monoisotopic (exact) mass is 451 g/mol. The Morgan fingerprint density at radius 2 is 1.88 bits per heavy atom. The van der Waals surface area contributed by atoms with Gasteiger partial charge in [0.1, 0.15) is 11.5 Å². The average Bonchev–Trinajstić information content (AvgIpc) is 3.30. The lowest BCUT2D eigenvalue weighted by Gasteiger charge is -2.15. The molecule has 1 aliphatic rings. The number of ether oxygens (including phenoxy) is 3. The smallest absolute Gasteiger partial charge is 0.416 e. The standard InChI is InChI=1S/C22H24F3N3O4/c1-30-18-9-14(10-19(12-18)31-2)20(29)28-21(26-13-17-7-4-8-32-17)27-16-6-3-5-15(11-16)22(23,24)25/h3,5-6,9-12,17H,4,7-8,13H2,1-2H3,(H2,26,27,28,29)/t17-/m1/s1.